The van der Waals surface area contributed by atoms with Crippen LogP contribution in [0.2, 0.25) is 0 Å². The fraction of sp³-hybridized carbons (Fsp3) is 0.250. The van der Waals surface area contributed by atoms with Crippen molar-refractivity contribution in [1.82, 2.24) is 0 Å². The van der Waals surface area contributed by atoms with Crippen LogP contribution >= 0.6 is 23.2 Å². The summed E-state index contributed by atoms with van der Waals surface area (Å²) >= 11 is 14.4. The Labute approximate surface area is 268 Å². The number of rotatable bonds is 4. The van der Waals surface area contributed by atoms with Gasteiger partial charge >= 0.3 is 0 Å². The van der Waals surface area contributed by atoms with Crippen molar-refractivity contribution in [2.45, 2.75) is 28.5 Å². The van der Waals surface area contributed by atoms with Gasteiger partial charge in [0.25, 0.3) is 17.5 Å². The van der Waals surface area contributed by atoms with Crippen LogP contribution in [-0.4, -0.2) is 43.4 Å². The molecule has 2 aliphatic heterocycles. The van der Waals surface area contributed by atoms with Gasteiger partial charge in [-0.15, -0.1) is 23.2 Å². The standard InChI is InChI=1S/C32H21Cl2F2N3O7/c33-31-14-22-19(12-13-20-24(22)28(42)37(27(20)41)16-8-10-18(11-9-16)39(45)46)25(21-2-1-3-23(36)26(21)40)32(31,34)30(44)38(29(31)43)17-6-4-15(35)5-7-17/h1-12,20,22,24-25,40H,13-14H2/t20-,22+,24-,25+,31+,32-/m0/s1. The van der Waals surface area contributed by atoms with Gasteiger partial charge in [0, 0.05) is 23.6 Å². The summed E-state index contributed by atoms with van der Waals surface area (Å²) in [5, 5.41) is 22.1. The number of aromatic hydroxyl groups is 1. The molecule has 1 N–H and O–H groups in total. The van der Waals surface area contributed by atoms with E-state index in [2.05, 4.69) is 0 Å². The van der Waals surface area contributed by atoms with Crippen molar-refractivity contribution in [3.8, 4) is 5.75 Å². The number of halogens is 4. The van der Waals surface area contributed by atoms with Crippen molar-refractivity contribution in [2.75, 3.05) is 9.80 Å². The first kappa shape index (κ1) is 30.0. The molecule has 1 saturated carbocycles. The van der Waals surface area contributed by atoms with Gasteiger partial charge in [0.15, 0.2) is 21.3 Å². The summed E-state index contributed by atoms with van der Waals surface area (Å²) in [6.45, 7) is 0. The maximum atomic E-state index is 14.8. The summed E-state index contributed by atoms with van der Waals surface area (Å²) in [7, 11) is 0. The first-order valence-electron chi connectivity index (χ1n) is 14.1. The van der Waals surface area contributed by atoms with Crippen LogP contribution in [0.3, 0.4) is 0 Å². The number of alkyl halides is 2. The molecule has 0 aromatic heterocycles. The lowest BCUT2D eigenvalue weighted by Gasteiger charge is -2.50. The molecule has 10 nitrogen and oxygen atoms in total. The fourth-order valence-corrected chi connectivity index (χ4v) is 8.41. The molecule has 14 heteroatoms. The molecular weight excluding hydrogens is 647 g/mol. The molecule has 4 aliphatic rings. The number of non-ortho nitro benzene ring substituents is 1. The molecule has 2 saturated heterocycles. The van der Waals surface area contributed by atoms with Gasteiger partial charge in [-0.2, -0.15) is 0 Å². The Kier molecular flexibility index (Phi) is 6.63. The molecule has 3 fully saturated rings. The number of nitro groups is 1. The predicted octanol–water partition coefficient (Wildman–Crippen LogP) is 5.35. The van der Waals surface area contributed by atoms with Gasteiger partial charge in [-0.05, 0) is 61.2 Å². The van der Waals surface area contributed by atoms with Crippen LogP contribution in [0.15, 0.2) is 78.4 Å². The lowest BCUT2D eigenvalue weighted by atomic mass is 9.56. The number of anilines is 2. The Morgan fingerprint density at radius 3 is 2.13 bits per heavy atom. The van der Waals surface area contributed by atoms with Crippen molar-refractivity contribution in [1.29, 1.82) is 0 Å². The van der Waals surface area contributed by atoms with Crippen LogP contribution in [0.25, 0.3) is 0 Å². The molecule has 0 bridgehead atoms. The van der Waals surface area contributed by atoms with E-state index in [-0.39, 0.29) is 35.5 Å². The highest BCUT2D eigenvalue weighted by Gasteiger charge is 2.77. The summed E-state index contributed by atoms with van der Waals surface area (Å²) in [6, 6.07) is 13.0. The Bertz CT molecular complexity index is 1920. The van der Waals surface area contributed by atoms with E-state index in [0.29, 0.717) is 5.57 Å². The molecule has 0 spiro atoms. The average molecular weight is 668 g/mol. The van der Waals surface area contributed by atoms with E-state index in [1.807, 2.05) is 0 Å². The van der Waals surface area contributed by atoms with Gasteiger partial charge in [0.2, 0.25) is 11.8 Å². The highest BCUT2D eigenvalue weighted by molar-refractivity contribution is 6.58. The van der Waals surface area contributed by atoms with E-state index in [0.717, 1.165) is 40.1 Å². The van der Waals surface area contributed by atoms with Gasteiger partial charge in [-0.1, -0.05) is 23.8 Å². The number of benzene rings is 3. The summed E-state index contributed by atoms with van der Waals surface area (Å²) in [4.78, 5) is 63.8. The third kappa shape index (κ3) is 3.86. The highest BCUT2D eigenvalue weighted by atomic mass is 35.5. The number of amides is 4. The molecule has 234 valence electrons. The number of hydrogen-bond acceptors (Lipinski definition) is 7. The van der Waals surface area contributed by atoms with Crippen molar-refractivity contribution in [2.24, 2.45) is 17.8 Å². The number of carbonyl (C=O) groups excluding carboxylic acids is 4. The smallest absolute Gasteiger partial charge is 0.269 e. The molecule has 7 rings (SSSR count). The number of hydrogen-bond donors (Lipinski definition) is 1. The molecule has 6 atom stereocenters. The number of nitrogens with zero attached hydrogens (tertiary/aromatic N) is 3. The van der Waals surface area contributed by atoms with Crippen molar-refractivity contribution in [3.05, 3.63) is 106 Å². The largest absolute Gasteiger partial charge is 0.505 e. The summed E-state index contributed by atoms with van der Waals surface area (Å²) in [5.74, 6) is -10.1. The Morgan fingerprint density at radius 1 is 0.848 bits per heavy atom. The second-order valence-corrected chi connectivity index (χ2v) is 13.0. The van der Waals surface area contributed by atoms with Crippen LogP contribution in [0, 0.1) is 39.5 Å². The number of fused-ring (bicyclic) bond motifs is 4. The van der Waals surface area contributed by atoms with Crippen LogP contribution in [0.5, 0.6) is 5.75 Å². The molecule has 46 heavy (non-hydrogen) atoms. The molecule has 3 aromatic carbocycles. The number of imide groups is 2. The zero-order valence-corrected chi connectivity index (χ0v) is 24.9. The average Bonchev–Trinajstić information content (AvgIpc) is 3.37. The molecule has 0 radical (unpaired) electrons. The van der Waals surface area contributed by atoms with E-state index in [4.69, 9.17) is 23.2 Å². The number of nitro benzene ring substituents is 1. The van der Waals surface area contributed by atoms with Gasteiger partial charge in [-0.25, -0.2) is 13.7 Å². The maximum Gasteiger partial charge on any atom is 0.269 e. The number of para-hydroxylation sites is 1. The minimum Gasteiger partial charge on any atom is -0.505 e. The zero-order chi connectivity index (χ0) is 32.9. The minimum absolute atomic E-state index is 0.00317. The topological polar surface area (TPSA) is 138 Å². The van der Waals surface area contributed by atoms with Gasteiger partial charge in [-0.3, -0.25) is 34.2 Å². The molecule has 2 aliphatic carbocycles. The maximum absolute atomic E-state index is 14.8. The molecule has 4 amide bonds. The van der Waals surface area contributed by atoms with Gasteiger partial charge in [0.05, 0.1) is 28.1 Å². The van der Waals surface area contributed by atoms with Gasteiger partial charge in [0.1, 0.15) is 5.82 Å². The van der Waals surface area contributed by atoms with E-state index < -0.39 is 79.4 Å². The SMILES string of the molecule is O=C1[C@H]2[C@H](CC=C3[C@H]2C[C@@]2(Cl)C(=O)N(c4ccc(F)cc4)C(=O)[C@@]2(Cl)[C@H]3c2cccc(F)c2O)C(=O)N1c1ccc([N+](=O)[O-])cc1. The van der Waals surface area contributed by atoms with Crippen LogP contribution in [-0.2, 0) is 19.2 Å². The van der Waals surface area contributed by atoms with Crippen LogP contribution in [0.4, 0.5) is 25.8 Å². The zero-order valence-electron chi connectivity index (χ0n) is 23.4. The van der Waals surface area contributed by atoms with Crippen molar-refractivity contribution < 1.29 is 38.0 Å². The second-order valence-electron chi connectivity index (χ2n) is 11.7. The minimum atomic E-state index is -2.34. The number of phenolic OH excluding ortho intramolecular Hbond substituents is 1. The van der Waals surface area contributed by atoms with Crippen LogP contribution < -0.4 is 9.80 Å². The predicted molar refractivity (Wildman–Crippen MR) is 160 cm³/mol. The normalized spacial score (nSPS) is 30.2. The fourth-order valence-electron chi connectivity index (χ4n) is 7.49. The summed E-state index contributed by atoms with van der Waals surface area (Å²) < 4.78 is 28.6. The third-order valence-corrected chi connectivity index (χ3v) is 11.0. The number of allylic oxidation sites excluding steroid dienone is 2. The Morgan fingerprint density at radius 2 is 1.48 bits per heavy atom. The highest BCUT2D eigenvalue weighted by Crippen LogP contribution is 2.66. The molecule has 2 heterocycles. The Balaban J connectivity index is 1.38. The summed E-state index contributed by atoms with van der Waals surface area (Å²) in [5.41, 5.74) is 0.00239. The number of carbonyl (C=O) groups is 4. The van der Waals surface area contributed by atoms with Crippen LogP contribution in [0.1, 0.15) is 24.3 Å². The number of phenols is 1. The van der Waals surface area contributed by atoms with Crippen molar-refractivity contribution in [3.63, 3.8) is 0 Å². The second kappa shape index (κ2) is 10.2. The Hall–Kier alpha value is -4.68. The van der Waals surface area contributed by atoms with E-state index in [1.165, 1.54) is 36.4 Å². The van der Waals surface area contributed by atoms with E-state index in [1.54, 1.807) is 6.08 Å². The summed E-state index contributed by atoms with van der Waals surface area (Å²) in [6.07, 6.45) is 1.24. The molecule has 3 aromatic rings. The first-order valence-corrected chi connectivity index (χ1v) is 14.9. The quantitative estimate of drug-likeness (QED) is 0.130. The van der Waals surface area contributed by atoms with E-state index >= 15 is 0 Å². The van der Waals surface area contributed by atoms with Crippen molar-refractivity contribution >= 4 is 63.9 Å². The molecular formula is C32H21Cl2F2N3O7. The van der Waals surface area contributed by atoms with E-state index in [9.17, 15) is 43.2 Å². The van der Waals surface area contributed by atoms with Gasteiger partial charge < -0.3 is 5.11 Å². The first-order chi connectivity index (χ1) is 21.8. The molecule has 0 unspecified atom stereocenters. The third-order valence-electron chi connectivity index (χ3n) is 9.54. The lowest BCUT2D eigenvalue weighted by Crippen LogP contribution is -2.60. The lowest BCUT2D eigenvalue weighted by molar-refractivity contribution is -0.384. The monoisotopic (exact) mass is 667 g/mol.